The number of halogens is 1. The van der Waals surface area contributed by atoms with Crippen molar-refractivity contribution >= 4 is 26.8 Å². The van der Waals surface area contributed by atoms with Gasteiger partial charge in [0.2, 0.25) is 0 Å². The van der Waals surface area contributed by atoms with Crippen LogP contribution in [0.5, 0.6) is 5.75 Å². The summed E-state index contributed by atoms with van der Waals surface area (Å²) < 4.78 is 6.80. The maximum absolute atomic E-state index is 5.71. The zero-order valence-corrected chi connectivity index (χ0v) is 11.3. The number of para-hydroxylation sites is 1. The Morgan fingerprint density at radius 2 is 1.83 bits per heavy atom. The summed E-state index contributed by atoms with van der Waals surface area (Å²) in [4.78, 5) is 3.35. The molecule has 1 aromatic heterocycles. The first-order chi connectivity index (χ1) is 8.81. The predicted octanol–water partition coefficient (Wildman–Crippen LogP) is 4.51. The van der Waals surface area contributed by atoms with Crippen LogP contribution in [-0.2, 0) is 6.61 Å². The molecule has 3 aromatic rings. The van der Waals surface area contributed by atoms with Crippen LogP contribution in [0, 0.1) is 0 Å². The predicted molar refractivity (Wildman–Crippen MR) is 76.8 cm³/mol. The highest BCUT2D eigenvalue weighted by molar-refractivity contribution is 9.10. The smallest absolute Gasteiger partial charge is 0.128 e. The molecule has 90 valence electrons. The monoisotopic (exact) mass is 301 g/mol. The molecule has 0 aliphatic carbocycles. The average Bonchev–Trinajstić information content (AvgIpc) is 2.79. The van der Waals surface area contributed by atoms with Crippen molar-refractivity contribution in [3.8, 4) is 5.75 Å². The lowest BCUT2D eigenvalue weighted by molar-refractivity contribution is 0.302. The van der Waals surface area contributed by atoms with Gasteiger partial charge in [-0.15, -0.1) is 0 Å². The summed E-state index contributed by atoms with van der Waals surface area (Å²) >= 11 is 3.47. The summed E-state index contributed by atoms with van der Waals surface area (Å²) in [5, 5.41) is 1.19. The molecule has 1 heterocycles. The summed E-state index contributed by atoms with van der Waals surface area (Å²) in [5.74, 6) is 0.886. The van der Waals surface area contributed by atoms with Gasteiger partial charge in [-0.2, -0.15) is 0 Å². The molecule has 1 N–H and O–H groups in total. The van der Waals surface area contributed by atoms with Crippen LogP contribution >= 0.6 is 15.9 Å². The number of aromatic amines is 1. The Hall–Kier alpha value is -1.74. The Labute approximate surface area is 114 Å². The Morgan fingerprint density at radius 3 is 2.67 bits per heavy atom. The highest BCUT2D eigenvalue weighted by Gasteiger charge is 2.02. The van der Waals surface area contributed by atoms with E-state index in [1.807, 2.05) is 36.4 Å². The molecule has 3 heteroatoms. The number of rotatable bonds is 3. The lowest BCUT2D eigenvalue weighted by Gasteiger charge is -2.03. The maximum atomic E-state index is 5.71. The van der Waals surface area contributed by atoms with Gasteiger partial charge in [-0.05, 0) is 36.4 Å². The molecule has 0 aliphatic rings. The molecule has 0 atom stereocenters. The molecule has 0 fully saturated rings. The van der Waals surface area contributed by atoms with Crippen molar-refractivity contribution in [2.75, 3.05) is 0 Å². The number of hydrogen-bond acceptors (Lipinski definition) is 1. The number of aromatic nitrogens is 1. The van der Waals surface area contributed by atoms with E-state index in [9.17, 15) is 0 Å². The van der Waals surface area contributed by atoms with Crippen molar-refractivity contribution < 1.29 is 4.74 Å². The number of H-pyrrole nitrogens is 1. The zero-order valence-electron chi connectivity index (χ0n) is 9.69. The number of fused-ring (bicyclic) bond motifs is 1. The molecule has 0 spiro atoms. The van der Waals surface area contributed by atoms with E-state index in [0.717, 1.165) is 21.4 Å². The second-order valence-electron chi connectivity index (χ2n) is 4.13. The Balaban J connectivity index is 1.79. The zero-order chi connectivity index (χ0) is 12.4. The lowest BCUT2D eigenvalue weighted by atomic mass is 10.2. The van der Waals surface area contributed by atoms with Gasteiger partial charge in [0.15, 0.2) is 0 Å². The van der Waals surface area contributed by atoms with Crippen molar-refractivity contribution in [1.82, 2.24) is 4.98 Å². The van der Waals surface area contributed by atoms with Crippen LogP contribution in [0.2, 0.25) is 0 Å². The highest BCUT2D eigenvalue weighted by atomic mass is 79.9. The second-order valence-corrected chi connectivity index (χ2v) is 5.04. The maximum Gasteiger partial charge on any atom is 0.128 e. The van der Waals surface area contributed by atoms with E-state index in [1.54, 1.807) is 0 Å². The number of nitrogens with one attached hydrogen (secondary N) is 1. The van der Waals surface area contributed by atoms with E-state index >= 15 is 0 Å². The van der Waals surface area contributed by atoms with E-state index in [4.69, 9.17) is 4.74 Å². The van der Waals surface area contributed by atoms with Gasteiger partial charge < -0.3 is 9.72 Å². The van der Waals surface area contributed by atoms with Gasteiger partial charge in [0.05, 0.1) is 5.69 Å². The third kappa shape index (κ3) is 2.41. The third-order valence-electron chi connectivity index (χ3n) is 2.78. The summed E-state index contributed by atoms with van der Waals surface area (Å²) in [6.45, 7) is 0.552. The number of hydrogen-bond donors (Lipinski definition) is 1. The molecule has 18 heavy (non-hydrogen) atoms. The Bertz CT molecular complexity index is 661. The highest BCUT2D eigenvalue weighted by Crippen LogP contribution is 2.21. The fourth-order valence-corrected chi connectivity index (χ4v) is 2.30. The minimum atomic E-state index is 0.552. The molecular weight excluding hydrogens is 290 g/mol. The van der Waals surface area contributed by atoms with Crippen LogP contribution in [0.25, 0.3) is 10.9 Å². The van der Waals surface area contributed by atoms with E-state index in [0.29, 0.717) is 6.61 Å². The third-order valence-corrected chi connectivity index (χ3v) is 3.27. The fraction of sp³-hybridized carbons (Fsp3) is 0.0667. The van der Waals surface area contributed by atoms with Gasteiger partial charge in [0, 0.05) is 15.4 Å². The van der Waals surface area contributed by atoms with Crippen molar-refractivity contribution in [3.63, 3.8) is 0 Å². The van der Waals surface area contributed by atoms with Gasteiger partial charge in [-0.25, -0.2) is 0 Å². The van der Waals surface area contributed by atoms with Gasteiger partial charge in [-0.3, -0.25) is 0 Å². The van der Waals surface area contributed by atoms with Gasteiger partial charge in [-0.1, -0.05) is 34.1 Å². The quantitative estimate of drug-likeness (QED) is 0.756. The molecule has 0 radical (unpaired) electrons. The van der Waals surface area contributed by atoms with Gasteiger partial charge in [0.1, 0.15) is 12.4 Å². The summed E-state index contributed by atoms with van der Waals surface area (Å²) in [6.07, 6.45) is 0. The normalized spacial score (nSPS) is 10.7. The molecule has 0 unspecified atom stereocenters. The number of benzene rings is 2. The van der Waals surface area contributed by atoms with Crippen LogP contribution in [0.1, 0.15) is 5.69 Å². The molecular formula is C15H12BrNO. The molecule has 0 bridgehead atoms. The first-order valence-electron chi connectivity index (χ1n) is 5.76. The van der Waals surface area contributed by atoms with Crippen LogP contribution in [-0.4, -0.2) is 4.98 Å². The largest absolute Gasteiger partial charge is 0.487 e. The first-order valence-corrected chi connectivity index (χ1v) is 6.55. The second kappa shape index (κ2) is 4.86. The van der Waals surface area contributed by atoms with Crippen molar-refractivity contribution in [1.29, 1.82) is 0 Å². The molecule has 0 saturated heterocycles. The lowest BCUT2D eigenvalue weighted by Crippen LogP contribution is -1.94. The summed E-state index contributed by atoms with van der Waals surface area (Å²) in [5.41, 5.74) is 2.21. The van der Waals surface area contributed by atoms with Crippen molar-refractivity contribution in [2.24, 2.45) is 0 Å². The summed E-state index contributed by atoms with van der Waals surface area (Å²) in [6, 6.07) is 18.1. The van der Waals surface area contributed by atoms with Crippen LogP contribution in [0.15, 0.2) is 59.1 Å². The van der Waals surface area contributed by atoms with Crippen LogP contribution < -0.4 is 4.74 Å². The van der Waals surface area contributed by atoms with Crippen molar-refractivity contribution in [3.05, 3.63) is 64.8 Å². The standard InChI is InChI=1S/C15H12BrNO/c16-12-6-7-15-11(8-12)9-13(17-15)10-18-14-4-2-1-3-5-14/h1-9,17H,10H2. The average molecular weight is 302 g/mol. The summed E-state index contributed by atoms with van der Waals surface area (Å²) in [7, 11) is 0. The van der Waals surface area contributed by atoms with Crippen molar-refractivity contribution in [2.45, 2.75) is 6.61 Å². The van der Waals surface area contributed by atoms with Gasteiger partial charge in [0.25, 0.3) is 0 Å². The van der Waals surface area contributed by atoms with Gasteiger partial charge >= 0.3 is 0 Å². The molecule has 0 saturated carbocycles. The number of ether oxygens (including phenoxy) is 1. The molecule has 0 aliphatic heterocycles. The van der Waals surface area contributed by atoms with E-state index < -0.39 is 0 Å². The van der Waals surface area contributed by atoms with Crippen LogP contribution in [0.3, 0.4) is 0 Å². The van der Waals surface area contributed by atoms with E-state index in [1.165, 1.54) is 5.39 Å². The van der Waals surface area contributed by atoms with E-state index in [2.05, 4.69) is 39.1 Å². The Morgan fingerprint density at radius 1 is 1.00 bits per heavy atom. The SMILES string of the molecule is Brc1ccc2[nH]c(COc3ccccc3)cc2c1. The minimum Gasteiger partial charge on any atom is -0.487 e. The fourth-order valence-electron chi connectivity index (χ4n) is 1.92. The Kier molecular flexibility index (Phi) is 3.07. The topological polar surface area (TPSA) is 25.0 Å². The molecule has 0 amide bonds. The molecule has 3 rings (SSSR count). The van der Waals surface area contributed by atoms with Crippen LogP contribution in [0.4, 0.5) is 0 Å². The molecule has 2 nitrogen and oxygen atoms in total. The minimum absolute atomic E-state index is 0.552. The molecule has 2 aromatic carbocycles. The van der Waals surface area contributed by atoms with E-state index in [-0.39, 0.29) is 0 Å². The first kappa shape index (κ1) is 11.4.